The van der Waals surface area contributed by atoms with Crippen molar-refractivity contribution in [2.75, 3.05) is 39.6 Å². The van der Waals surface area contributed by atoms with E-state index < -0.39 is 0 Å². The zero-order valence-electron chi connectivity index (χ0n) is 16.2. The third-order valence-corrected chi connectivity index (χ3v) is 7.56. The largest absolute Gasteiger partial charge is 0.380 e. The molecule has 5 aliphatic rings. The van der Waals surface area contributed by atoms with Gasteiger partial charge in [-0.05, 0) is 49.4 Å². The summed E-state index contributed by atoms with van der Waals surface area (Å²) in [5.41, 5.74) is 0.0764. The molecule has 2 aliphatic carbocycles. The Hall–Kier alpha value is -0.200. The number of hydrogen-bond acceptors (Lipinski definition) is 5. The van der Waals surface area contributed by atoms with Gasteiger partial charge in [-0.1, -0.05) is 13.8 Å². The molecule has 3 saturated heterocycles. The topological polar surface area (TPSA) is 52.8 Å². The van der Waals surface area contributed by atoms with Gasteiger partial charge >= 0.3 is 0 Å². The van der Waals surface area contributed by atoms with Gasteiger partial charge in [-0.3, -0.25) is 0 Å². The average molecular weight is 366 g/mol. The Labute approximate surface area is 157 Å². The molecule has 8 atom stereocenters. The van der Waals surface area contributed by atoms with Crippen LogP contribution in [0.5, 0.6) is 0 Å². The minimum atomic E-state index is 0.0764. The highest BCUT2D eigenvalue weighted by atomic mass is 16.6. The van der Waals surface area contributed by atoms with E-state index >= 15 is 0 Å². The van der Waals surface area contributed by atoms with Crippen LogP contribution in [0.15, 0.2) is 0 Å². The molecule has 148 valence electrons. The Bertz CT molecular complexity index is 467. The SMILES string of the molecule is CC1CC2OC2CC1COCC1(COCC2CC3OC3CC2C)COC1. The Morgan fingerprint density at radius 1 is 0.731 bits per heavy atom. The summed E-state index contributed by atoms with van der Waals surface area (Å²) in [4.78, 5) is 0. The fraction of sp³-hybridized carbons (Fsp3) is 1.00. The summed E-state index contributed by atoms with van der Waals surface area (Å²) < 4.78 is 29.2. The molecular formula is C21H34O5. The molecule has 0 bridgehead atoms. The van der Waals surface area contributed by atoms with Gasteiger partial charge in [-0.15, -0.1) is 0 Å². The minimum absolute atomic E-state index is 0.0764. The van der Waals surface area contributed by atoms with Crippen LogP contribution in [-0.2, 0) is 23.7 Å². The molecule has 2 saturated carbocycles. The molecule has 0 N–H and O–H groups in total. The standard InChI is InChI=1S/C21H34O5/c1-13-3-17-19(25-17)5-15(13)7-22-9-21(11-24-12-21)10-23-8-16-6-20-18(26-20)4-14(16)2/h13-20H,3-12H2,1-2H3. The highest BCUT2D eigenvalue weighted by Crippen LogP contribution is 2.44. The van der Waals surface area contributed by atoms with Crippen molar-refractivity contribution in [3.05, 3.63) is 0 Å². The van der Waals surface area contributed by atoms with Crippen molar-refractivity contribution in [1.82, 2.24) is 0 Å². The fourth-order valence-corrected chi connectivity index (χ4v) is 5.28. The molecule has 5 rings (SSSR count). The van der Waals surface area contributed by atoms with Crippen LogP contribution in [0, 0.1) is 29.1 Å². The quantitative estimate of drug-likeness (QED) is 0.618. The Balaban J connectivity index is 1.03. The van der Waals surface area contributed by atoms with E-state index in [-0.39, 0.29) is 5.41 Å². The maximum Gasteiger partial charge on any atom is 0.0845 e. The number of hydrogen-bond donors (Lipinski definition) is 0. The molecular weight excluding hydrogens is 332 g/mol. The Morgan fingerprint density at radius 3 is 1.62 bits per heavy atom. The first-order valence-corrected chi connectivity index (χ1v) is 10.7. The van der Waals surface area contributed by atoms with Crippen LogP contribution in [0.4, 0.5) is 0 Å². The zero-order valence-corrected chi connectivity index (χ0v) is 16.2. The first-order chi connectivity index (χ1) is 12.6. The number of ether oxygens (including phenoxy) is 5. The van der Waals surface area contributed by atoms with Gasteiger partial charge in [-0.2, -0.15) is 0 Å². The molecule has 0 aromatic heterocycles. The second-order valence-electron chi connectivity index (χ2n) is 9.87. The average Bonchev–Trinajstić information content (AvgIpc) is 3.47. The maximum absolute atomic E-state index is 6.17. The monoisotopic (exact) mass is 366 g/mol. The lowest BCUT2D eigenvalue weighted by Crippen LogP contribution is -2.50. The van der Waals surface area contributed by atoms with E-state index in [0.29, 0.717) is 48.1 Å². The van der Waals surface area contributed by atoms with E-state index in [9.17, 15) is 0 Å². The minimum Gasteiger partial charge on any atom is -0.380 e. The van der Waals surface area contributed by atoms with Gasteiger partial charge < -0.3 is 23.7 Å². The van der Waals surface area contributed by atoms with Crippen molar-refractivity contribution in [3.63, 3.8) is 0 Å². The lowest BCUT2D eigenvalue weighted by atomic mass is 9.80. The summed E-state index contributed by atoms with van der Waals surface area (Å²) in [6.45, 7) is 9.47. The van der Waals surface area contributed by atoms with Gasteiger partial charge in [0.2, 0.25) is 0 Å². The Morgan fingerprint density at radius 2 is 1.19 bits per heavy atom. The van der Waals surface area contributed by atoms with Crippen LogP contribution in [-0.4, -0.2) is 64.1 Å². The van der Waals surface area contributed by atoms with Crippen LogP contribution in [0.25, 0.3) is 0 Å². The smallest absolute Gasteiger partial charge is 0.0845 e. The number of epoxide rings is 2. The number of fused-ring (bicyclic) bond motifs is 2. The van der Waals surface area contributed by atoms with Crippen molar-refractivity contribution in [3.8, 4) is 0 Å². The van der Waals surface area contributed by atoms with Crippen molar-refractivity contribution in [2.45, 2.75) is 63.9 Å². The lowest BCUT2D eigenvalue weighted by Gasteiger charge is -2.41. The Kier molecular flexibility index (Phi) is 4.81. The summed E-state index contributed by atoms with van der Waals surface area (Å²) in [7, 11) is 0. The molecule has 0 amide bonds. The molecule has 26 heavy (non-hydrogen) atoms. The van der Waals surface area contributed by atoms with Crippen molar-refractivity contribution in [2.24, 2.45) is 29.1 Å². The van der Waals surface area contributed by atoms with Gasteiger partial charge in [0.15, 0.2) is 0 Å². The van der Waals surface area contributed by atoms with E-state index in [4.69, 9.17) is 23.7 Å². The molecule has 0 spiro atoms. The van der Waals surface area contributed by atoms with Gasteiger partial charge in [0, 0.05) is 13.2 Å². The van der Waals surface area contributed by atoms with Gasteiger partial charge in [0.25, 0.3) is 0 Å². The van der Waals surface area contributed by atoms with Crippen LogP contribution in [0.3, 0.4) is 0 Å². The molecule has 0 radical (unpaired) electrons. The summed E-state index contributed by atoms with van der Waals surface area (Å²) in [6, 6.07) is 0. The van der Waals surface area contributed by atoms with Gasteiger partial charge in [0.05, 0.1) is 56.3 Å². The molecule has 0 aromatic carbocycles. The van der Waals surface area contributed by atoms with Crippen LogP contribution < -0.4 is 0 Å². The predicted octanol–water partition coefficient (Wildman–Crippen LogP) is 2.66. The lowest BCUT2D eigenvalue weighted by molar-refractivity contribution is -0.183. The molecule has 3 aliphatic heterocycles. The summed E-state index contributed by atoms with van der Waals surface area (Å²) in [5, 5.41) is 0. The van der Waals surface area contributed by atoms with E-state index in [0.717, 1.165) is 39.6 Å². The first-order valence-electron chi connectivity index (χ1n) is 10.7. The third-order valence-electron chi connectivity index (χ3n) is 7.56. The normalized spacial score (nSPS) is 48.2. The fourth-order valence-electron chi connectivity index (χ4n) is 5.28. The molecule has 5 heteroatoms. The summed E-state index contributed by atoms with van der Waals surface area (Å²) >= 11 is 0. The summed E-state index contributed by atoms with van der Waals surface area (Å²) in [5.74, 6) is 2.72. The predicted molar refractivity (Wildman–Crippen MR) is 96.0 cm³/mol. The molecule has 0 aromatic rings. The van der Waals surface area contributed by atoms with Crippen LogP contribution >= 0.6 is 0 Å². The van der Waals surface area contributed by atoms with E-state index in [1.807, 2.05) is 0 Å². The van der Waals surface area contributed by atoms with E-state index in [2.05, 4.69) is 13.8 Å². The van der Waals surface area contributed by atoms with E-state index in [1.54, 1.807) is 0 Å². The van der Waals surface area contributed by atoms with E-state index in [1.165, 1.54) is 25.7 Å². The second-order valence-corrected chi connectivity index (χ2v) is 9.87. The summed E-state index contributed by atoms with van der Waals surface area (Å²) in [6.07, 6.45) is 6.93. The highest BCUT2D eigenvalue weighted by Gasteiger charge is 2.48. The molecule has 8 unspecified atom stereocenters. The first kappa shape index (κ1) is 17.9. The molecule has 3 heterocycles. The van der Waals surface area contributed by atoms with Crippen LogP contribution in [0.2, 0.25) is 0 Å². The maximum atomic E-state index is 6.17. The van der Waals surface area contributed by atoms with Gasteiger partial charge in [-0.25, -0.2) is 0 Å². The molecule has 5 fully saturated rings. The third kappa shape index (κ3) is 3.70. The van der Waals surface area contributed by atoms with Crippen LogP contribution in [0.1, 0.15) is 39.5 Å². The van der Waals surface area contributed by atoms with Gasteiger partial charge in [0.1, 0.15) is 0 Å². The van der Waals surface area contributed by atoms with Crippen molar-refractivity contribution >= 4 is 0 Å². The molecule has 5 nitrogen and oxygen atoms in total. The zero-order chi connectivity index (χ0) is 17.7. The van der Waals surface area contributed by atoms with Crippen molar-refractivity contribution in [1.29, 1.82) is 0 Å². The number of rotatable bonds is 8. The van der Waals surface area contributed by atoms with Crippen molar-refractivity contribution < 1.29 is 23.7 Å². The highest BCUT2D eigenvalue weighted by molar-refractivity contribution is 4.96. The second kappa shape index (κ2) is 7.00.